The maximum Gasteiger partial charge on any atom is 0.158 e. The standard InChI is InChI=1S/C14H26N6O/c1-3-20(11-5-6-11)8-7-16-12-9-13(19-15)18-14(17-12)10-21-4-2/h9,11H,3-8,10,15H2,1-2H3,(H2,16,17,18,19). The Labute approximate surface area is 126 Å². The highest BCUT2D eigenvalue weighted by Gasteiger charge is 2.27. The summed E-state index contributed by atoms with van der Waals surface area (Å²) >= 11 is 0. The Bertz CT molecular complexity index is 437. The molecule has 0 aromatic carbocycles. The number of nitrogens with zero attached hydrogens (tertiary/aromatic N) is 3. The number of hydrazine groups is 1. The molecule has 7 nitrogen and oxygen atoms in total. The van der Waals surface area contributed by atoms with E-state index in [4.69, 9.17) is 10.6 Å². The summed E-state index contributed by atoms with van der Waals surface area (Å²) in [4.78, 5) is 11.2. The lowest BCUT2D eigenvalue weighted by Crippen LogP contribution is -2.31. The first kappa shape index (κ1) is 15.9. The van der Waals surface area contributed by atoms with Crippen LogP contribution in [0.1, 0.15) is 32.5 Å². The van der Waals surface area contributed by atoms with E-state index in [9.17, 15) is 0 Å². The molecule has 1 aliphatic rings. The van der Waals surface area contributed by atoms with E-state index in [1.165, 1.54) is 12.8 Å². The summed E-state index contributed by atoms with van der Waals surface area (Å²) in [6, 6.07) is 2.60. The Morgan fingerprint density at radius 1 is 1.33 bits per heavy atom. The fraction of sp³-hybridized carbons (Fsp3) is 0.714. The van der Waals surface area contributed by atoms with Crippen molar-refractivity contribution >= 4 is 11.6 Å². The van der Waals surface area contributed by atoms with Crippen LogP contribution in [0.4, 0.5) is 11.6 Å². The van der Waals surface area contributed by atoms with E-state index in [1.807, 2.05) is 13.0 Å². The van der Waals surface area contributed by atoms with Crippen LogP contribution in [0.2, 0.25) is 0 Å². The second-order valence-corrected chi connectivity index (χ2v) is 5.12. The van der Waals surface area contributed by atoms with Crippen LogP contribution in [-0.4, -0.2) is 47.2 Å². The molecule has 0 atom stereocenters. The van der Waals surface area contributed by atoms with E-state index >= 15 is 0 Å². The summed E-state index contributed by atoms with van der Waals surface area (Å²) in [6.07, 6.45) is 2.67. The SMILES string of the molecule is CCOCc1nc(NN)cc(NCCN(CC)C2CC2)n1. The Kier molecular flexibility index (Phi) is 6.16. The van der Waals surface area contributed by atoms with Gasteiger partial charge in [0.1, 0.15) is 18.2 Å². The number of rotatable bonds is 10. The molecule has 1 aliphatic carbocycles. The molecule has 0 saturated heterocycles. The molecule has 2 rings (SSSR count). The highest BCUT2D eigenvalue weighted by Crippen LogP contribution is 2.26. The lowest BCUT2D eigenvalue weighted by Gasteiger charge is -2.20. The van der Waals surface area contributed by atoms with Crippen LogP contribution in [0.3, 0.4) is 0 Å². The number of nitrogens with one attached hydrogen (secondary N) is 2. The molecule has 0 radical (unpaired) electrons. The van der Waals surface area contributed by atoms with Gasteiger partial charge in [-0.05, 0) is 26.3 Å². The fourth-order valence-corrected chi connectivity index (χ4v) is 2.29. The molecule has 0 spiro atoms. The van der Waals surface area contributed by atoms with Crippen LogP contribution in [0, 0.1) is 0 Å². The van der Waals surface area contributed by atoms with Crippen LogP contribution < -0.4 is 16.6 Å². The second-order valence-electron chi connectivity index (χ2n) is 5.12. The van der Waals surface area contributed by atoms with Gasteiger partial charge in [-0.25, -0.2) is 15.8 Å². The average Bonchev–Trinajstić information content (AvgIpc) is 3.34. The molecule has 21 heavy (non-hydrogen) atoms. The van der Waals surface area contributed by atoms with Gasteiger partial charge in [0.05, 0.1) is 0 Å². The Balaban J connectivity index is 1.88. The molecule has 0 bridgehead atoms. The quantitative estimate of drug-likeness (QED) is 0.441. The van der Waals surface area contributed by atoms with E-state index in [0.717, 1.165) is 31.5 Å². The molecule has 1 aromatic rings. The van der Waals surface area contributed by atoms with Crippen molar-refractivity contribution in [1.82, 2.24) is 14.9 Å². The maximum atomic E-state index is 5.45. The molecule has 0 amide bonds. The Morgan fingerprint density at radius 2 is 2.10 bits per heavy atom. The van der Waals surface area contributed by atoms with Crippen LogP contribution in [0.25, 0.3) is 0 Å². The number of likely N-dealkylation sites (N-methyl/N-ethyl adjacent to an activating group) is 1. The summed E-state index contributed by atoms with van der Waals surface area (Å²) in [5.41, 5.74) is 2.57. The van der Waals surface area contributed by atoms with Gasteiger partial charge in [-0.15, -0.1) is 0 Å². The zero-order valence-electron chi connectivity index (χ0n) is 12.9. The Morgan fingerprint density at radius 3 is 2.71 bits per heavy atom. The van der Waals surface area contributed by atoms with Crippen molar-refractivity contribution in [2.24, 2.45) is 5.84 Å². The zero-order chi connectivity index (χ0) is 15.1. The van der Waals surface area contributed by atoms with E-state index in [-0.39, 0.29) is 0 Å². The molecule has 1 saturated carbocycles. The number of nitrogen functional groups attached to an aromatic ring is 1. The topological polar surface area (TPSA) is 88.3 Å². The molecule has 1 aromatic heterocycles. The summed E-state index contributed by atoms with van der Waals surface area (Å²) in [6.45, 7) is 8.17. The van der Waals surface area contributed by atoms with Crippen molar-refractivity contribution < 1.29 is 4.74 Å². The number of aromatic nitrogens is 2. The van der Waals surface area contributed by atoms with E-state index in [0.29, 0.717) is 24.9 Å². The highest BCUT2D eigenvalue weighted by atomic mass is 16.5. The van der Waals surface area contributed by atoms with Crippen molar-refractivity contribution in [3.05, 3.63) is 11.9 Å². The molecule has 7 heteroatoms. The molecule has 1 heterocycles. The average molecular weight is 294 g/mol. The lowest BCUT2D eigenvalue weighted by atomic mass is 10.4. The first-order valence-corrected chi connectivity index (χ1v) is 7.67. The van der Waals surface area contributed by atoms with Crippen molar-refractivity contribution in [2.75, 3.05) is 37.0 Å². The molecule has 0 aliphatic heterocycles. The van der Waals surface area contributed by atoms with E-state index < -0.39 is 0 Å². The van der Waals surface area contributed by atoms with Crippen molar-refractivity contribution in [3.63, 3.8) is 0 Å². The van der Waals surface area contributed by atoms with Crippen molar-refractivity contribution in [3.8, 4) is 0 Å². The van der Waals surface area contributed by atoms with Gasteiger partial charge in [-0.2, -0.15) is 0 Å². The van der Waals surface area contributed by atoms with Crippen LogP contribution >= 0.6 is 0 Å². The Hall–Kier alpha value is -1.44. The number of ether oxygens (including phenoxy) is 1. The number of nitrogens with two attached hydrogens (primary N) is 1. The molecule has 0 unspecified atom stereocenters. The van der Waals surface area contributed by atoms with Crippen molar-refractivity contribution in [1.29, 1.82) is 0 Å². The van der Waals surface area contributed by atoms with Gasteiger partial charge in [-0.3, -0.25) is 4.90 Å². The molecular formula is C14H26N6O. The highest BCUT2D eigenvalue weighted by molar-refractivity contribution is 5.46. The van der Waals surface area contributed by atoms with Gasteiger partial charge in [0.25, 0.3) is 0 Å². The third-order valence-corrected chi connectivity index (χ3v) is 3.53. The monoisotopic (exact) mass is 294 g/mol. The smallest absolute Gasteiger partial charge is 0.158 e. The predicted molar refractivity (Wildman–Crippen MR) is 83.9 cm³/mol. The third-order valence-electron chi connectivity index (χ3n) is 3.53. The summed E-state index contributed by atoms with van der Waals surface area (Å²) < 4.78 is 5.34. The first-order valence-electron chi connectivity index (χ1n) is 7.67. The molecule has 4 N–H and O–H groups in total. The van der Waals surface area contributed by atoms with Gasteiger partial charge in [-0.1, -0.05) is 6.92 Å². The summed E-state index contributed by atoms with van der Waals surface area (Å²) in [5, 5.41) is 3.34. The number of hydrogen-bond donors (Lipinski definition) is 3. The minimum Gasteiger partial charge on any atom is -0.374 e. The van der Waals surface area contributed by atoms with Crippen molar-refractivity contribution in [2.45, 2.75) is 39.3 Å². The zero-order valence-corrected chi connectivity index (χ0v) is 12.9. The van der Waals surface area contributed by atoms with Gasteiger partial charge < -0.3 is 15.5 Å². The van der Waals surface area contributed by atoms with E-state index in [1.54, 1.807) is 0 Å². The normalized spacial score (nSPS) is 14.5. The third kappa shape index (κ3) is 5.11. The van der Waals surface area contributed by atoms with Crippen LogP contribution in [0.5, 0.6) is 0 Å². The molecule has 118 valence electrons. The van der Waals surface area contributed by atoms with E-state index in [2.05, 4.69) is 32.5 Å². The predicted octanol–water partition coefficient (Wildman–Crippen LogP) is 1.19. The van der Waals surface area contributed by atoms with Gasteiger partial charge >= 0.3 is 0 Å². The second kappa shape index (κ2) is 8.11. The van der Waals surface area contributed by atoms with Crippen LogP contribution in [0.15, 0.2) is 6.07 Å². The lowest BCUT2D eigenvalue weighted by molar-refractivity contribution is 0.128. The van der Waals surface area contributed by atoms with Gasteiger partial charge in [0.15, 0.2) is 5.82 Å². The van der Waals surface area contributed by atoms with Gasteiger partial charge in [0, 0.05) is 31.8 Å². The fourth-order valence-electron chi connectivity index (χ4n) is 2.29. The maximum absolute atomic E-state index is 5.45. The van der Waals surface area contributed by atoms with Gasteiger partial charge in [0.2, 0.25) is 0 Å². The first-order chi connectivity index (χ1) is 10.3. The summed E-state index contributed by atoms with van der Waals surface area (Å²) in [5.74, 6) is 7.45. The molecular weight excluding hydrogens is 268 g/mol. The number of anilines is 2. The largest absolute Gasteiger partial charge is 0.374 e. The van der Waals surface area contributed by atoms with Crippen LogP contribution in [-0.2, 0) is 11.3 Å². The number of hydrogen-bond acceptors (Lipinski definition) is 7. The summed E-state index contributed by atoms with van der Waals surface area (Å²) in [7, 11) is 0. The molecule has 1 fully saturated rings. The minimum atomic E-state index is 0.393. The minimum absolute atomic E-state index is 0.393.